The molecule has 10 heteroatoms. The van der Waals surface area contributed by atoms with Crippen LogP contribution in [0.25, 0.3) is 5.78 Å². The van der Waals surface area contributed by atoms with Crippen LogP contribution in [-0.2, 0) is 16.4 Å². The van der Waals surface area contributed by atoms with Gasteiger partial charge < -0.3 is 14.8 Å². The SMILES string of the molecule is COc1ccc(OC)c(S(=O)(=O)c2ccc(CNC(=O)c3cnc4nccn4c3)cc2)c1. The Hall–Kier alpha value is -3.92. The van der Waals surface area contributed by atoms with Crippen molar-refractivity contribution in [2.75, 3.05) is 14.2 Å². The molecular weight excluding hydrogens is 432 g/mol. The van der Waals surface area contributed by atoms with Crippen molar-refractivity contribution < 1.29 is 22.7 Å². The van der Waals surface area contributed by atoms with Crippen LogP contribution < -0.4 is 14.8 Å². The lowest BCUT2D eigenvalue weighted by Gasteiger charge is -2.12. The van der Waals surface area contributed by atoms with Crippen molar-refractivity contribution in [2.45, 2.75) is 16.3 Å². The molecule has 32 heavy (non-hydrogen) atoms. The van der Waals surface area contributed by atoms with E-state index >= 15 is 0 Å². The standard InChI is InChI=1S/C22H20N4O5S/c1-30-17-5-8-19(31-2)20(11-17)32(28,29)18-6-3-15(4-7-18)12-24-21(27)16-13-25-22-23-9-10-26(22)14-16/h3-11,13-14H,12H2,1-2H3,(H,24,27). The van der Waals surface area contributed by atoms with Gasteiger partial charge in [0.1, 0.15) is 16.4 Å². The Morgan fingerprint density at radius 3 is 2.56 bits per heavy atom. The van der Waals surface area contributed by atoms with Crippen molar-refractivity contribution in [3.8, 4) is 11.5 Å². The van der Waals surface area contributed by atoms with Crippen LogP contribution in [0.3, 0.4) is 0 Å². The quantitative estimate of drug-likeness (QED) is 0.458. The highest BCUT2D eigenvalue weighted by Gasteiger charge is 2.23. The van der Waals surface area contributed by atoms with Gasteiger partial charge in [-0.1, -0.05) is 12.1 Å². The molecule has 164 valence electrons. The molecule has 0 saturated heterocycles. The number of carbonyl (C=O) groups excluding carboxylic acids is 1. The molecule has 0 bridgehead atoms. The first-order valence-corrected chi connectivity index (χ1v) is 11.0. The molecule has 0 fully saturated rings. The van der Waals surface area contributed by atoms with Gasteiger partial charge in [0.15, 0.2) is 0 Å². The minimum absolute atomic E-state index is 0.0165. The molecule has 0 aliphatic rings. The van der Waals surface area contributed by atoms with Gasteiger partial charge in [0.25, 0.3) is 5.91 Å². The molecule has 0 unspecified atom stereocenters. The van der Waals surface area contributed by atoms with Crippen LogP contribution in [0, 0.1) is 0 Å². The molecular formula is C22H20N4O5S. The van der Waals surface area contributed by atoms with Crippen molar-refractivity contribution in [3.63, 3.8) is 0 Å². The summed E-state index contributed by atoms with van der Waals surface area (Å²) >= 11 is 0. The second-order valence-corrected chi connectivity index (χ2v) is 8.74. The first-order chi connectivity index (χ1) is 15.4. The van der Waals surface area contributed by atoms with Gasteiger partial charge in [-0.15, -0.1) is 0 Å². The van der Waals surface area contributed by atoms with Gasteiger partial charge in [-0.05, 0) is 29.8 Å². The van der Waals surface area contributed by atoms with Gasteiger partial charge in [-0.25, -0.2) is 18.4 Å². The molecule has 2 heterocycles. The molecule has 1 N–H and O–H groups in total. The number of amides is 1. The summed E-state index contributed by atoms with van der Waals surface area (Å²) in [7, 11) is -0.957. The second kappa shape index (κ2) is 8.67. The molecule has 0 aliphatic heterocycles. The first kappa shape index (κ1) is 21.3. The number of benzene rings is 2. The van der Waals surface area contributed by atoms with E-state index in [9.17, 15) is 13.2 Å². The van der Waals surface area contributed by atoms with Crippen LogP contribution in [-0.4, -0.2) is 42.9 Å². The molecule has 1 amide bonds. The number of carbonyl (C=O) groups is 1. The minimum atomic E-state index is -3.83. The van der Waals surface area contributed by atoms with Crippen molar-refractivity contribution in [2.24, 2.45) is 0 Å². The van der Waals surface area contributed by atoms with E-state index in [1.807, 2.05) is 0 Å². The molecule has 9 nitrogen and oxygen atoms in total. The zero-order chi connectivity index (χ0) is 22.7. The third-order valence-corrected chi connectivity index (χ3v) is 6.65. The number of rotatable bonds is 7. The maximum absolute atomic E-state index is 13.1. The summed E-state index contributed by atoms with van der Waals surface area (Å²) in [6.45, 7) is 0.226. The van der Waals surface area contributed by atoms with Crippen LogP contribution in [0.1, 0.15) is 15.9 Å². The maximum Gasteiger partial charge on any atom is 0.254 e. The number of fused-ring (bicyclic) bond motifs is 1. The third-order valence-electron chi connectivity index (χ3n) is 4.85. The number of methoxy groups -OCH3 is 2. The first-order valence-electron chi connectivity index (χ1n) is 9.55. The highest BCUT2D eigenvalue weighted by molar-refractivity contribution is 7.91. The van der Waals surface area contributed by atoms with Crippen molar-refractivity contribution in [3.05, 3.63) is 78.4 Å². The summed E-state index contributed by atoms with van der Waals surface area (Å²) in [5.74, 6) is 0.842. The van der Waals surface area contributed by atoms with E-state index in [0.717, 1.165) is 5.56 Å². The van der Waals surface area contributed by atoms with Crippen LogP contribution in [0.2, 0.25) is 0 Å². The van der Waals surface area contributed by atoms with Gasteiger partial charge in [0.05, 0.1) is 24.7 Å². The van der Waals surface area contributed by atoms with Crippen LogP contribution in [0.4, 0.5) is 0 Å². The van der Waals surface area contributed by atoms with Gasteiger partial charge in [-0.3, -0.25) is 9.20 Å². The Morgan fingerprint density at radius 1 is 1.06 bits per heavy atom. The number of nitrogens with zero attached hydrogens (tertiary/aromatic N) is 3. The van der Waals surface area contributed by atoms with E-state index in [1.165, 1.54) is 38.6 Å². The fraction of sp³-hybridized carbons (Fsp3) is 0.136. The normalized spacial score (nSPS) is 11.3. The minimum Gasteiger partial charge on any atom is -0.497 e. The predicted molar refractivity (Wildman–Crippen MR) is 116 cm³/mol. The number of hydrogen-bond donors (Lipinski definition) is 1. The second-order valence-electron chi connectivity index (χ2n) is 6.82. The summed E-state index contributed by atoms with van der Waals surface area (Å²) in [5, 5.41) is 2.80. The largest absolute Gasteiger partial charge is 0.497 e. The number of imidazole rings is 1. The van der Waals surface area contributed by atoms with Crippen LogP contribution >= 0.6 is 0 Å². The molecule has 0 spiro atoms. The Morgan fingerprint density at radius 2 is 1.84 bits per heavy atom. The number of aromatic nitrogens is 3. The maximum atomic E-state index is 13.1. The van der Waals surface area contributed by atoms with Crippen molar-refractivity contribution in [1.82, 2.24) is 19.7 Å². The summed E-state index contributed by atoms with van der Waals surface area (Å²) in [4.78, 5) is 20.7. The third kappa shape index (κ3) is 4.12. The lowest BCUT2D eigenvalue weighted by molar-refractivity contribution is 0.0950. The Bertz CT molecular complexity index is 1380. The highest BCUT2D eigenvalue weighted by Crippen LogP contribution is 2.32. The molecule has 4 aromatic rings. The number of hydrogen-bond acceptors (Lipinski definition) is 7. The number of sulfone groups is 1. The van der Waals surface area contributed by atoms with E-state index in [0.29, 0.717) is 17.1 Å². The van der Waals surface area contributed by atoms with E-state index < -0.39 is 9.84 Å². The number of nitrogens with one attached hydrogen (secondary N) is 1. The average molecular weight is 452 g/mol. The molecule has 0 aliphatic carbocycles. The molecule has 2 aromatic carbocycles. The van der Waals surface area contributed by atoms with Gasteiger partial charge in [0.2, 0.25) is 15.6 Å². The van der Waals surface area contributed by atoms with Gasteiger partial charge in [-0.2, -0.15) is 0 Å². The lowest BCUT2D eigenvalue weighted by Crippen LogP contribution is -2.23. The smallest absolute Gasteiger partial charge is 0.254 e. The number of ether oxygens (including phenoxy) is 2. The summed E-state index contributed by atoms with van der Waals surface area (Å²) in [5.41, 5.74) is 1.13. The van der Waals surface area contributed by atoms with E-state index in [2.05, 4.69) is 15.3 Å². The van der Waals surface area contributed by atoms with Crippen LogP contribution in [0.5, 0.6) is 11.5 Å². The van der Waals surface area contributed by atoms with E-state index in [1.54, 1.807) is 47.3 Å². The highest BCUT2D eigenvalue weighted by atomic mass is 32.2. The van der Waals surface area contributed by atoms with Gasteiger partial charge in [0, 0.05) is 37.4 Å². The predicted octanol–water partition coefficient (Wildman–Crippen LogP) is 2.51. The molecule has 0 radical (unpaired) electrons. The average Bonchev–Trinajstić information content (AvgIpc) is 3.30. The summed E-state index contributed by atoms with van der Waals surface area (Å²) < 4.78 is 38.2. The Balaban J connectivity index is 1.49. The van der Waals surface area contributed by atoms with Crippen molar-refractivity contribution in [1.29, 1.82) is 0 Å². The zero-order valence-corrected chi connectivity index (χ0v) is 18.2. The lowest BCUT2D eigenvalue weighted by atomic mass is 10.2. The zero-order valence-electron chi connectivity index (χ0n) is 17.3. The monoisotopic (exact) mass is 452 g/mol. The fourth-order valence-corrected chi connectivity index (χ4v) is 4.56. The molecule has 4 rings (SSSR count). The van der Waals surface area contributed by atoms with Gasteiger partial charge >= 0.3 is 0 Å². The fourth-order valence-electron chi connectivity index (χ4n) is 3.13. The van der Waals surface area contributed by atoms with E-state index in [-0.39, 0.29) is 28.0 Å². The topological polar surface area (TPSA) is 112 Å². The van der Waals surface area contributed by atoms with Crippen LogP contribution in [0.15, 0.2) is 77.0 Å². The Labute approximate surface area is 184 Å². The molecule has 0 saturated carbocycles. The summed E-state index contributed by atoms with van der Waals surface area (Å²) in [6.07, 6.45) is 6.40. The summed E-state index contributed by atoms with van der Waals surface area (Å²) in [6, 6.07) is 10.9. The van der Waals surface area contributed by atoms with E-state index in [4.69, 9.17) is 9.47 Å². The van der Waals surface area contributed by atoms with Crippen molar-refractivity contribution >= 4 is 21.5 Å². The Kier molecular flexibility index (Phi) is 5.78. The molecule has 2 aromatic heterocycles. The molecule has 0 atom stereocenters.